The van der Waals surface area contributed by atoms with E-state index in [-0.39, 0.29) is 49.2 Å². The summed E-state index contributed by atoms with van der Waals surface area (Å²) in [7, 11) is 0. The molecule has 7 heteroatoms. The number of amides is 4. The maximum atomic E-state index is 13.8. The lowest BCUT2D eigenvalue weighted by atomic mass is 10.0. The Labute approximate surface area is 229 Å². The lowest BCUT2D eigenvalue weighted by molar-refractivity contribution is -0.141. The van der Waals surface area contributed by atoms with E-state index in [0.29, 0.717) is 24.0 Å². The highest BCUT2D eigenvalue weighted by atomic mass is 16.2. The van der Waals surface area contributed by atoms with Gasteiger partial charge >= 0.3 is 0 Å². The lowest BCUT2D eigenvalue weighted by Gasteiger charge is -2.32. The maximum Gasteiger partial charge on any atom is 0.261 e. The third-order valence-corrected chi connectivity index (χ3v) is 7.12. The molecule has 1 aliphatic heterocycles. The van der Waals surface area contributed by atoms with Gasteiger partial charge in [0, 0.05) is 32.0 Å². The molecule has 7 nitrogen and oxygen atoms in total. The van der Waals surface area contributed by atoms with Gasteiger partial charge in [-0.1, -0.05) is 79.7 Å². The molecule has 0 saturated carbocycles. The van der Waals surface area contributed by atoms with Crippen molar-refractivity contribution in [3.05, 3.63) is 107 Å². The second-order valence-corrected chi connectivity index (χ2v) is 9.94. The molecule has 4 rings (SSSR count). The van der Waals surface area contributed by atoms with Crippen LogP contribution in [0.25, 0.3) is 0 Å². The molecule has 4 amide bonds. The summed E-state index contributed by atoms with van der Waals surface area (Å²) in [5.74, 6) is -1.06. The first-order valence-electron chi connectivity index (χ1n) is 13.5. The van der Waals surface area contributed by atoms with E-state index in [4.69, 9.17) is 0 Å². The maximum absolute atomic E-state index is 13.8. The van der Waals surface area contributed by atoms with Gasteiger partial charge in [0.2, 0.25) is 11.8 Å². The molecule has 3 aromatic carbocycles. The molecule has 0 aromatic heterocycles. The van der Waals surface area contributed by atoms with Gasteiger partial charge in [-0.2, -0.15) is 0 Å². The lowest BCUT2D eigenvalue weighted by Crippen LogP contribution is -2.52. The van der Waals surface area contributed by atoms with Gasteiger partial charge in [0.25, 0.3) is 11.8 Å². The Bertz CT molecular complexity index is 1270. The molecule has 1 aliphatic rings. The Hall–Kier alpha value is -4.26. The number of nitrogens with one attached hydrogen (secondary N) is 1. The number of carbonyl (C=O) groups is 4. The number of hydrogen-bond donors (Lipinski definition) is 1. The number of hydrogen-bond acceptors (Lipinski definition) is 4. The molecule has 1 N–H and O–H groups in total. The van der Waals surface area contributed by atoms with Crippen molar-refractivity contribution in [3.63, 3.8) is 0 Å². The zero-order valence-corrected chi connectivity index (χ0v) is 22.5. The zero-order valence-electron chi connectivity index (χ0n) is 22.5. The monoisotopic (exact) mass is 525 g/mol. The van der Waals surface area contributed by atoms with Crippen molar-refractivity contribution in [1.29, 1.82) is 0 Å². The SMILES string of the molecule is CC[C@@H](C)NC(=O)[C@H](Cc1ccccc1)N(Cc1ccccc1)C(=O)CCCN1C(=O)c2ccccc2C1=O. The zero-order chi connectivity index (χ0) is 27.8. The molecule has 3 aromatic rings. The van der Waals surface area contributed by atoms with Crippen molar-refractivity contribution < 1.29 is 19.2 Å². The van der Waals surface area contributed by atoms with E-state index in [1.165, 1.54) is 4.90 Å². The smallest absolute Gasteiger partial charge is 0.261 e. The molecule has 0 bridgehead atoms. The molecule has 0 saturated heterocycles. The fourth-order valence-electron chi connectivity index (χ4n) is 4.75. The largest absolute Gasteiger partial charge is 0.352 e. The molecular weight excluding hydrogens is 490 g/mol. The van der Waals surface area contributed by atoms with Gasteiger partial charge in [0.05, 0.1) is 11.1 Å². The van der Waals surface area contributed by atoms with Crippen LogP contribution in [0.15, 0.2) is 84.9 Å². The molecule has 0 unspecified atom stereocenters. The summed E-state index contributed by atoms with van der Waals surface area (Å²) >= 11 is 0. The second kappa shape index (κ2) is 13.0. The van der Waals surface area contributed by atoms with Gasteiger partial charge in [-0.05, 0) is 43.0 Å². The van der Waals surface area contributed by atoms with Crippen LogP contribution in [0.5, 0.6) is 0 Å². The highest BCUT2D eigenvalue weighted by Crippen LogP contribution is 2.23. The van der Waals surface area contributed by atoms with E-state index in [1.54, 1.807) is 29.2 Å². The predicted octanol–water partition coefficient (Wildman–Crippen LogP) is 4.62. The van der Waals surface area contributed by atoms with Crippen LogP contribution < -0.4 is 5.32 Å². The summed E-state index contributed by atoms with van der Waals surface area (Å²) in [6.07, 6.45) is 1.56. The minimum Gasteiger partial charge on any atom is -0.352 e. The minimum atomic E-state index is -0.714. The van der Waals surface area contributed by atoms with Gasteiger partial charge in [0.1, 0.15) is 6.04 Å². The Morgan fingerprint density at radius 3 is 1.92 bits per heavy atom. The Morgan fingerprint density at radius 2 is 1.36 bits per heavy atom. The first kappa shape index (κ1) is 27.8. The van der Waals surface area contributed by atoms with Crippen molar-refractivity contribution in [2.75, 3.05) is 6.54 Å². The third kappa shape index (κ3) is 6.79. The molecule has 0 fully saturated rings. The summed E-state index contributed by atoms with van der Waals surface area (Å²) in [5.41, 5.74) is 2.66. The van der Waals surface area contributed by atoms with Crippen LogP contribution in [-0.2, 0) is 22.6 Å². The number of benzene rings is 3. The highest BCUT2D eigenvalue weighted by molar-refractivity contribution is 6.21. The van der Waals surface area contributed by atoms with Crippen LogP contribution >= 0.6 is 0 Å². The quantitative estimate of drug-likeness (QED) is 0.350. The summed E-state index contributed by atoms with van der Waals surface area (Å²) < 4.78 is 0. The number of rotatable bonds is 12. The number of carbonyl (C=O) groups excluding carboxylic acids is 4. The molecule has 39 heavy (non-hydrogen) atoms. The van der Waals surface area contributed by atoms with Crippen molar-refractivity contribution in [2.45, 2.75) is 58.2 Å². The van der Waals surface area contributed by atoms with E-state index in [1.807, 2.05) is 74.5 Å². The number of fused-ring (bicyclic) bond motifs is 1. The third-order valence-electron chi connectivity index (χ3n) is 7.12. The minimum absolute atomic E-state index is 0.0294. The van der Waals surface area contributed by atoms with Crippen LogP contribution in [-0.4, -0.2) is 52.1 Å². The normalized spacial score (nSPS) is 14.1. The highest BCUT2D eigenvalue weighted by Gasteiger charge is 2.35. The van der Waals surface area contributed by atoms with Crippen LogP contribution in [0.2, 0.25) is 0 Å². The molecule has 2 atom stereocenters. The van der Waals surface area contributed by atoms with Crippen LogP contribution in [0.4, 0.5) is 0 Å². The fraction of sp³-hybridized carbons (Fsp3) is 0.312. The van der Waals surface area contributed by atoms with E-state index in [2.05, 4.69) is 5.32 Å². The van der Waals surface area contributed by atoms with E-state index < -0.39 is 6.04 Å². The van der Waals surface area contributed by atoms with Crippen LogP contribution in [0.1, 0.15) is 65.0 Å². The average Bonchev–Trinajstić information content (AvgIpc) is 3.20. The van der Waals surface area contributed by atoms with Crippen molar-refractivity contribution in [2.24, 2.45) is 0 Å². The fourth-order valence-corrected chi connectivity index (χ4v) is 4.75. The van der Waals surface area contributed by atoms with Crippen LogP contribution in [0, 0.1) is 0 Å². The molecule has 202 valence electrons. The summed E-state index contributed by atoms with van der Waals surface area (Å²) in [6.45, 7) is 4.37. The molecule has 1 heterocycles. The van der Waals surface area contributed by atoms with E-state index in [9.17, 15) is 19.2 Å². The number of imide groups is 1. The Balaban J connectivity index is 1.53. The Kier molecular flexibility index (Phi) is 9.26. The van der Waals surface area contributed by atoms with Gasteiger partial charge in [0.15, 0.2) is 0 Å². The molecule has 0 aliphatic carbocycles. The Morgan fingerprint density at radius 1 is 0.821 bits per heavy atom. The van der Waals surface area contributed by atoms with E-state index >= 15 is 0 Å². The second-order valence-electron chi connectivity index (χ2n) is 9.94. The number of nitrogens with zero attached hydrogens (tertiary/aromatic N) is 2. The van der Waals surface area contributed by atoms with Crippen molar-refractivity contribution in [3.8, 4) is 0 Å². The summed E-state index contributed by atoms with van der Waals surface area (Å²) in [6, 6.07) is 25.3. The van der Waals surface area contributed by atoms with Crippen LogP contribution in [0.3, 0.4) is 0 Å². The first-order valence-corrected chi connectivity index (χ1v) is 13.5. The first-order chi connectivity index (χ1) is 18.9. The van der Waals surface area contributed by atoms with E-state index in [0.717, 1.165) is 17.5 Å². The topological polar surface area (TPSA) is 86.8 Å². The van der Waals surface area contributed by atoms with Crippen molar-refractivity contribution in [1.82, 2.24) is 15.1 Å². The summed E-state index contributed by atoms with van der Waals surface area (Å²) in [5, 5.41) is 3.06. The van der Waals surface area contributed by atoms with Gasteiger partial charge in [-0.25, -0.2) is 0 Å². The average molecular weight is 526 g/mol. The van der Waals surface area contributed by atoms with Crippen molar-refractivity contribution >= 4 is 23.6 Å². The van der Waals surface area contributed by atoms with Gasteiger partial charge in [-0.15, -0.1) is 0 Å². The van der Waals surface area contributed by atoms with Gasteiger partial charge < -0.3 is 10.2 Å². The standard InChI is InChI=1S/C32H35N3O4/c1-3-23(2)33-30(37)28(21-24-13-6-4-7-14-24)35(22-25-15-8-5-9-16-25)29(36)19-12-20-34-31(38)26-17-10-11-18-27(26)32(34)39/h4-11,13-18,23,28H,3,12,19-22H2,1-2H3,(H,33,37)/t23-,28+/m1/s1. The van der Waals surface area contributed by atoms with Gasteiger partial charge in [-0.3, -0.25) is 24.1 Å². The summed E-state index contributed by atoms with van der Waals surface area (Å²) in [4.78, 5) is 55.6. The predicted molar refractivity (Wildman–Crippen MR) is 150 cm³/mol. The molecular formula is C32H35N3O4. The molecule has 0 spiro atoms. The molecule has 0 radical (unpaired) electrons.